The summed E-state index contributed by atoms with van der Waals surface area (Å²) in [6.45, 7) is 6.04. The largest absolute Gasteiger partial charge is 0.310 e. The van der Waals surface area contributed by atoms with Crippen molar-refractivity contribution in [3.63, 3.8) is 0 Å². The van der Waals surface area contributed by atoms with Crippen LogP contribution in [-0.4, -0.2) is 55.1 Å². The quantitative estimate of drug-likeness (QED) is 0.904. The molecule has 2 heterocycles. The van der Waals surface area contributed by atoms with Crippen LogP contribution in [0.2, 0.25) is 0 Å². The van der Waals surface area contributed by atoms with E-state index < -0.39 is 0 Å². The summed E-state index contributed by atoms with van der Waals surface area (Å²) in [6, 6.07) is 12.3. The van der Waals surface area contributed by atoms with E-state index in [1.807, 2.05) is 0 Å². The van der Waals surface area contributed by atoms with E-state index in [1.54, 1.807) is 0 Å². The predicted molar refractivity (Wildman–Crippen MR) is 83.8 cm³/mol. The van der Waals surface area contributed by atoms with Crippen molar-refractivity contribution in [1.82, 2.24) is 15.1 Å². The third-order valence-corrected chi connectivity index (χ3v) is 4.71. The molecule has 0 amide bonds. The lowest BCUT2D eigenvalue weighted by Crippen LogP contribution is -2.46. The Morgan fingerprint density at radius 3 is 2.45 bits per heavy atom. The van der Waals surface area contributed by atoms with Crippen molar-refractivity contribution in [3.8, 4) is 0 Å². The second-order valence-corrected chi connectivity index (χ2v) is 6.45. The van der Waals surface area contributed by atoms with Gasteiger partial charge in [-0.05, 0) is 45.0 Å². The number of benzene rings is 1. The molecule has 0 aliphatic carbocycles. The summed E-state index contributed by atoms with van der Waals surface area (Å²) in [5, 5.41) is 3.89. The van der Waals surface area contributed by atoms with Gasteiger partial charge < -0.3 is 10.2 Å². The zero-order chi connectivity index (χ0) is 13.8. The van der Waals surface area contributed by atoms with Crippen molar-refractivity contribution in [2.75, 3.05) is 33.2 Å². The normalized spacial score (nSPS) is 26.1. The van der Waals surface area contributed by atoms with E-state index in [2.05, 4.69) is 52.5 Å². The highest BCUT2D eigenvalue weighted by Gasteiger charge is 2.25. The third-order valence-electron chi connectivity index (χ3n) is 4.71. The van der Waals surface area contributed by atoms with Crippen LogP contribution in [0.5, 0.6) is 0 Å². The summed E-state index contributed by atoms with van der Waals surface area (Å²) < 4.78 is 0. The first-order chi connectivity index (χ1) is 9.79. The summed E-state index contributed by atoms with van der Waals surface area (Å²) >= 11 is 0. The van der Waals surface area contributed by atoms with E-state index in [0.29, 0.717) is 6.04 Å². The average molecular weight is 273 g/mol. The van der Waals surface area contributed by atoms with Gasteiger partial charge in [-0.1, -0.05) is 30.3 Å². The fraction of sp³-hybridized carbons (Fsp3) is 0.647. The number of nitrogens with one attached hydrogen (secondary N) is 1. The molecule has 3 heteroatoms. The molecule has 1 N–H and O–H groups in total. The Hall–Kier alpha value is -0.900. The molecule has 3 nitrogen and oxygen atoms in total. The van der Waals surface area contributed by atoms with E-state index in [9.17, 15) is 0 Å². The highest BCUT2D eigenvalue weighted by molar-refractivity contribution is 5.14. The fourth-order valence-electron chi connectivity index (χ4n) is 3.46. The maximum Gasteiger partial charge on any atom is 0.0234 e. The van der Waals surface area contributed by atoms with Gasteiger partial charge in [-0.25, -0.2) is 0 Å². The molecule has 0 aromatic heterocycles. The molecule has 2 saturated heterocycles. The maximum absolute atomic E-state index is 3.89. The molecule has 0 saturated carbocycles. The maximum atomic E-state index is 3.89. The molecule has 0 radical (unpaired) electrons. The molecule has 3 rings (SSSR count). The zero-order valence-electron chi connectivity index (χ0n) is 12.6. The summed E-state index contributed by atoms with van der Waals surface area (Å²) in [6.07, 6.45) is 3.93. The Kier molecular flexibility index (Phi) is 4.71. The van der Waals surface area contributed by atoms with Gasteiger partial charge in [-0.2, -0.15) is 0 Å². The molecule has 20 heavy (non-hydrogen) atoms. The molecule has 0 bridgehead atoms. The standard InChI is InChI=1S/C17H27N3/c1-19-10-7-16(8-11-19)18-17-9-12-20(14-17)13-15-5-3-2-4-6-15/h2-6,16-18H,7-14H2,1H3. The van der Waals surface area contributed by atoms with Gasteiger partial charge in [0.25, 0.3) is 0 Å². The number of likely N-dealkylation sites (tertiary alicyclic amines) is 2. The first-order valence-electron chi connectivity index (χ1n) is 8.00. The van der Waals surface area contributed by atoms with Crippen molar-refractivity contribution in [3.05, 3.63) is 35.9 Å². The Morgan fingerprint density at radius 1 is 1.00 bits per heavy atom. The topological polar surface area (TPSA) is 18.5 Å². The van der Waals surface area contributed by atoms with Crippen molar-refractivity contribution < 1.29 is 0 Å². The molecule has 1 unspecified atom stereocenters. The second-order valence-electron chi connectivity index (χ2n) is 6.45. The molecule has 2 fully saturated rings. The smallest absolute Gasteiger partial charge is 0.0234 e. The van der Waals surface area contributed by atoms with Crippen LogP contribution in [0.15, 0.2) is 30.3 Å². The van der Waals surface area contributed by atoms with Crippen molar-refractivity contribution in [2.24, 2.45) is 0 Å². The molecule has 1 aromatic carbocycles. The van der Waals surface area contributed by atoms with Gasteiger partial charge >= 0.3 is 0 Å². The number of nitrogens with zero attached hydrogens (tertiary/aromatic N) is 2. The number of hydrogen-bond donors (Lipinski definition) is 1. The van der Waals surface area contributed by atoms with E-state index >= 15 is 0 Å². The number of rotatable bonds is 4. The summed E-state index contributed by atoms with van der Waals surface area (Å²) in [5.74, 6) is 0. The lowest BCUT2D eigenvalue weighted by atomic mass is 10.0. The minimum atomic E-state index is 0.701. The van der Waals surface area contributed by atoms with Crippen LogP contribution >= 0.6 is 0 Å². The lowest BCUT2D eigenvalue weighted by molar-refractivity contribution is 0.222. The summed E-state index contributed by atoms with van der Waals surface area (Å²) in [5.41, 5.74) is 1.44. The lowest BCUT2D eigenvalue weighted by Gasteiger charge is -2.31. The first-order valence-corrected chi connectivity index (χ1v) is 8.00. The van der Waals surface area contributed by atoms with Crippen LogP contribution in [0, 0.1) is 0 Å². The molecular formula is C17H27N3. The molecule has 2 aliphatic heterocycles. The molecule has 2 aliphatic rings. The number of hydrogen-bond acceptors (Lipinski definition) is 3. The summed E-state index contributed by atoms with van der Waals surface area (Å²) in [4.78, 5) is 5.02. The van der Waals surface area contributed by atoms with E-state index in [1.165, 1.54) is 51.0 Å². The third kappa shape index (κ3) is 3.81. The molecule has 1 aromatic rings. The fourth-order valence-corrected chi connectivity index (χ4v) is 3.46. The van der Waals surface area contributed by atoms with Crippen LogP contribution in [0.25, 0.3) is 0 Å². The van der Waals surface area contributed by atoms with Crippen LogP contribution in [-0.2, 0) is 6.54 Å². The minimum absolute atomic E-state index is 0.701. The van der Waals surface area contributed by atoms with Gasteiger partial charge in [0.1, 0.15) is 0 Å². The van der Waals surface area contributed by atoms with Crippen LogP contribution in [0.1, 0.15) is 24.8 Å². The Balaban J connectivity index is 1.43. The van der Waals surface area contributed by atoms with E-state index in [-0.39, 0.29) is 0 Å². The van der Waals surface area contributed by atoms with Gasteiger partial charge in [-0.3, -0.25) is 4.90 Å². The molecule has 1 atom stereocenters. The SMILES string of the molecule is CN1CCC(NC2CCN(Cc3ccccc3)C2)CC1. The Morgan fingerprint density at radius 2 is 1.70 bits per heavy atom. The second kappa shape index (κ2) is 6.70. The van der Waals surface area contributed by atoms with Crippen molar-refractivity contribution >= 4 is 0 Å². The van der Waals surface area contributed by atoms with Crippen LogP contribution in [0.4, 0.5) is 0 Å². The summed E-state index contributed by atoms with van der Waals surface area (Å²) in [7, 11) is 2.23. The zero-order valence-corrected chi connectivity index (χ0v) is 12.6. The Bertz CT molecular complexity index is 398. The minimum Gasteiger partial charge on any atom is -0.310 e. The van der Waals surface area contributed by atoms with E-state index in [0.717, 1.165) is 12.6 Å². The van der Waals surface area contributed by atoms with Gasteiger partial charge in [0, 0.05) is 31.7 Å². The predicted octanol–water partition coefficient (Wildman–Crippen LogP) is 1.94. The highest BCUT2D eigenvalue weighted by Crippen LogP contribution is 2.16. The first kappa shape index (κ1) is 14.1. The Labute approximate surface area is 123 Å². The van der Waals surface area contributed by atoms with Gasteiger partial charge in [0.05, 0.1) is 0 Å². The molecule has 0 spiro atoms. The van der Waals surface area contributed by atoms with E-state index in [4.69, 9.17) is 0 Å². The number of piperidine rings is 1. The monoisotopic (exact) mass is 273 g/mol. The van der Waals surface area contributed by atoms with Crippen LogP contribution in [0.3, 0.4) is 0 Å². The van der Waals surface area contributed by atoms with Crippen molar-refractivity contribution in [1.29, 1.82) is 0 Å². The van der Waals surface area contributed by atoms with Crippen LogP contribution < -0.4 is 5.32 Å². The average Bonchev–Trinajstić information content (AvgIpc) is 2.90. The van der Waals surface area contributed by atoms with Gasteiger partial charge in [0.15, 0.2) is 0 Å². The van der Waals surface area contributed by atoms with Gasteiger partial charge in [-0.15, -0.1) is 0 Å². The highest BCUT2D eigenvalue weighted by atomic mass is 15.2. The van der Waals surface area contributed by atoms with Crippen molar-refractivity contribution in [2.45, 2.75) is 37.9 Å². The van der Waals surface area contributed by atoms with Gasteiger partial charge in [0.2, 0.25) is 0 Å². The molecular weight excluding hydrogens is 246 g/mol. The molecule has 110 valence electrons.